The number of aryl methyl sites for hydroxylation is 1. The van der Waals surface area contributed by atoms with Crippen molar-refractivity contribution in [2.75, 3.05) is 32.8 Å². The Morgan fingerprint density at radius 3 is 2.69 bits per heavy atom. The highest BCUT2D eigenvalue weighted by atomic mass is 19.1. The molecule has 0 spiro atoms. The quantitative estimate of drug-likeness (QED) is 0.762. The summed E-state index contributed by atoms with van der Waals surface area (Å²) in [4.78, 5) is 16.0. The summed E-state index contributed by atoms with van der Waals surface area (Å²) in [6.07, 6.45) is 3.45. The van der Waals surface area contributed by atoms with Gasteiger partial charge in [-0.05, 0) is 61.6 Å². The van der Waals surface area contributed by atoms with E-state index in [1.54, 1.807) is 4.90 Å². The predicted octanol–water partition coefficient (Wildman–Crippen LogP) is 4.16. The molecular formula is C26H31FN2O3. The molecule has 0 aromatic heterocycles. The van der Waals surface area contributed by atoms with Crippen LogP contribution in [0, 0.1) is 12.7 Å². The highest BCUT2D eigenvalue weighted by molar-refractivity contribution is 5.69. The topological polar surface area (TPSA) is 53.0 Å². The molecule has 5 nitrogen and oxygen atoms in total. The van der Waals surface area contributed by atoms with Crippen LogP contribution in [-0.2, 0) is 10.3 Å². The van der Waals surface area contributed by atoms with Crippen molar-refractivity contribution in [1.29, 1.82) is 0 Å². The highest BCUT2D eigenvalue weighted by Crippen LogP contribution is 2.52. The first kappa shape index (κ1) is 21.4. The number of hydrogen-bond acceptors (Lipinski definition) is 4. The van der Waals surface area contributed by atoms with Crippen LogP contribution in [0.2, 0.25) is 0 Å². The molecule has 5 rings (SSSR count). The fourth-order valence-electron chi connectivity index (χ4n) is 5.87. The largest absolute Gasteiger partial charge is 0.448 e. The smallest absolute Gasteiger partial charge is 0.409 e. The maximum absolute atomic E-state index is 13.6. The van der Waals surface area contributed by atoms with Gasteiger partial charge in [0.05, 0.1) is 6.54 Å². The number of piperidine rings is 1. The SMILES string of the molecule is Cc1ccc2c(c1)C(O)(C1CCCCN1CCN1CCOC1=O)CC2c1ccc(F)cc1. The van der Waals surface area contributed by atoms with E-state index in [2.05, 4.69) is 30.0 Å². The van der Waals surface area contributed by atoms with Crippen molar-refractivity contribution < 1.29 is 19.0 Å². The van der Waals surface area contributed by atoms with Gasteiger partial charge >= 0.3 is 6.09 Å². The second kappa shape index (κ2) is 8.49. The van der Waals surface area contributed by atoms with Gasteiger partial charge in [-0.1, -0.05) is 42.3 Å². The summed E-state index contributed by atoms with van der Waals surface area (Å²) in [6, 6.07) is 13.0. The number of halogens is 1. The number of cyclic esters (lactones) is 1. The molecule has 3 aliphatic rings. The molecule has 2 saturated heterocycles. The highest BCUT2D eigenvalue weighted by Gasteiger charge is 2.50. The van der Waals surface area contributed by atoms with E-state index >= 15 is 0 Å². The summed E-state index contributed by atoms with van der Waals surface area (Å²) >= 11 is 0. The molecule has 1 aliphatic carbocycles. The minimum absolute atomic E-state index is 0.0131. The average molecular weight is 439 g/mol. The molecule has 6 heteroatoms. The third-order valence-corrected chi connectivity index (χ3v) is 7.51. The Bertz CT molecular complexity index is 995. The molecule has 2 aromatic rings. The maximum atomic E-state index is 13.6. The van der Waals surface area contributed by atoms with Crippen molar-refractivity contribution in [2.45, 2.75) is 50.2 Å². The van der Waals surface area contributed by atoms with E-state index in [1.165, 1.54) is 12.1 Å². The van der Waals surface area contributed by atoms with Gasteiger partial charge in [0.2, 0.25) is 0 Å². The van der Waals surface area contributed by atoms with Gasteiger partial charge in [-0.15, -0.1) is 0 Å². The fourth-order valence-corrected chi connectivity index (χ4v) is 5.87. The van der Waals surface area contributed by atoms with Crippen LogP contribution < -0.4 is 0 Å². The number of amides is 1. The number of fused-ring (bicyclic) bond motifs is 1. The average Bonchev–Trinajstić information content (AvgIpc) is 3.34. The first-order valence-corrected chi connectivity index (χ1v) is 11.7. The summed E-state index contributed by atoms with van der Waals surface area (Å²) in [5, 5.41) is 12.3. The molecule has 170 valence electrons. The maximum Gasteiger partial charge on any atom is 0.409 e. The molecule has 2 aromatic carbocycles. The third-order valence-electron chi connectivity index (χ3n) is 7.51. The summed E-state index contributed by atoms with van der Waals surface area (Å²) in [6.45, 7) is 5.41. The normalized spacial score (nSPS) is 28.1. The molecule has 32 heavy (non-hydrogen) atoms. The van der Waals surface area contributed by atoms with Crippen molar-refractivity contribution in [3.63, 3.8) is 0 Å². The molecule has 0 saturated carbocycles. The fraction of sp³-hybridized carbons (Fsp3) is 0.500. The van der Waals surface area contributed by atoms with Crippen LogP contribution in [0.1, 0.15) is 53.9 Å². The Kier molecular flexibility index (Phi) is 5.68. The first-order valence-electron chi connectivity index (χ1n) is 11.7. The van der Waals surface area contributed by atoms with Crippen LogP contribution in [0.4, 0.5) is 9.18 Å². The molecule has 0 radical (unpaired) electrons. The number of hydrogen-bond donors (Lipinski definition) is 1. The number of aliphatic hydroxyl groups is 1. The van der Waals surface area contributed by atoms with Crippen LogP contribution >= 0.6 is 0 Å². The Hall–Kier alpha value is -2.44. The number of rotatable bonds is 5. The third kappa shape index (κ3) is 3.80. The van der Waals surface area contributed by atoms with Crippen LogP contribution in [0.25, 0.3) is 0 Å². The number of likely N-dealkylation sites (tertiary alicyclic amines) is 1. The van der Waals surface area contributed by atoms with E-state index in [4.69, 9.17) is 4.74 Å². The number of ether oxygens (including phenoxy) is 1. The van der Waals surface area contributed by atoms with Crippen LogP contribution in [0.15, 0.2) is 42.5 Å². The van der Waals surface area contributed by atoms with Crippen LogP contribution in [0.5, 0.6) is 0 Å². The van der Waals surface area contributed by atoms with Crippen LogP contribution in [0.3, 0.4) is 0 Å². The standard InChI is InChI=1S/C26H31FN2O3/c1-18-5-10-21-22(19-6-8-20(27)9-7-19)17-26(31,23(21)16-18)24-4-2-3-11-28(24)12-13-29-14-15-32-25(29)30/h5-10,16,22,24,31H,2-4,11-15,17H2,1H3. The van der Waals surface area contributed by atoms with Crippen molar-refractivity contribution >= 4 is 6.09 Å². The lowest BCUT2D eigenvalue weighted by Gasteiger charge is -2.45. The zero-order valence-electron chi connectivity index (χ0n) is 18.6. The van der Waals surface area contributed by atoms with Crippen molar-refractivity contribution in [3.8, 4) is 0 Å². The molecule has 2 heterocycles. The Morgan fingerprint density at radius 1 is 1.12 bits per heavy atom. The first-order chi connectivity index (χ1) is 15.5. The van der Waals surface area contributed by atoms with Gasteiger partial charge in [0.1, 0.15) is 18.0 Å². The van der Waals surface area contributed by atoms with E-state index in [0.717, 1.165) is 54.6 Å². The summed E-state index contributed by atoms with van der Waals surface area (Å²) < 4.78 is 18.6. The van der Waals surface area contributed by atoms with Gasteiger partial charge in [-0.25, -0.2) is 9.18 Å². The van der Waals surface area contributed by atoms with Gasteiger partial charge in [0, 0.05) is 25.0 Å². The van der Waals surface area contributed by atoms with Gasteiger partial charge in [0.25, 0.3) is 0 Å². The van der Waals surface area contributed by atoms with E-state index in [1.807, 2.05) is 12.1 Å². The van der Waals surface area contributed by atoms with Crippen molar-refractivity contribution in [3.05, 3.63) is 70.5 Å². The molecule has 3 atom stereocenters. The molecule has 3 unspecified atom stereocenters. The molecule has 2 aliphatic heterocycles. The minimum Gasteiger partial charge on any atom is -0.448 e. The monoisotopic (exact) mass is 438 g/mol. The molecule has 0 bridgehead atoms. The Morgan fingerprint density at radius 2 is 1.94 bits per heavy atom. The van der Waals surface area contributed by atoms with Gasteiger partial charge in [-0.3, -0.25) is 4.90 Å². The Balaban J connectivity index is 1.45. The molecule has 1 amide bonds. The molecule has 2 fully saturated rings. The summed E-state index contributed by atoms with van der Waals surface area (Å²) in [7, 11) is 0. The summed E-state index contributed by atoms with van der Waals surface area (Å²) in [5.41, 5.74) is 3.33. The van der Waals surface area contributed by atoms with E-state index in [0.29, 0.717) is 26.1 Å². The Labute approximate surface area is 188 Å². The lowest BCUT2D eigenvalue weighted by Crippen LogP contribution is -2.54. The predicted molar refractivity (Wildman–Crippen MR) is 120 cm³/mol. The number of benzene rings is 2. The summed E-state index contributed by atoms with van der Waals surface area (Å²) in [5.74, 6) is -0.210. The van der Waals surface area contributed by atoms with Crippen molar-refractivity contribution in [2.24, 2.45) is 0 Å². The number of carbonyl (C=O) groups excluding carboxylic acids is 1. The van der Waals surface area contributed by atoms with Crippen molar-refractivity contribution in [1.82, 2.24) is 9.80 Å². The number of nitrogens with zero attached hydrogens (tertiary/aromatic N) is 2. The molecular weight excluding hydrogens is 407 g/mol. The lowest BCUT2D eigenvalue weighted by atomic mass is 9.80. The van der Waals surface area contributed by atoms with E-state index < -0.39 is 5.60 Å². The van der Waals surface area contributed by atoms with Gasteiger partial charge < -0.3 is 14.7 Å². The minimum atomic E-state index is -0.980. The zero-order chi connectivity index (χ0) is 22.3. The van der Waals surface area contributed by atoms with Gasteiger partial charge in [0.15, 0.2) is 0 Å². The zero-order valence-corrected chi connectivity index (χ0v) is 18.6. The number of carbonyl (C=O) groups is 1. The van der Waals surface area contributed by atoms with E-state index in [9.17, 15) is 14.3 Å². The van der Waals surface area contributed by atoms with Gasteiger partial charge in [-0.2, -0.15) is 0 Å². The second-order valence-corrected chi connectivity index (χ2v) is 9.47. The lowest BCUT2D eigenvalue weighted by molar-refractivity contribution is -0.0691. The molecule has 1 N–H and O–H groups in total. The van der Waals surface area contributed by atoms with E-state index in [-0.39, 0.29) is 23.9 Å². The van der Waals surface area contributed by atoms with Crippen LogP contribution in [-0.4, -0.2) is 59.8 Å². The second-order valence-electron chi connectivity index (χ2n) is 9.47.